The summed E-state index contributed by atoms with van der Waals surface area (Å²) in [6.45, 7) is 3.11. The summed E-state index contributed by atoms with van der Waals surface area (Å²) in [6, 6.07) is 10.1. The first-order chi connectivity index (χ1) is 15.7. The maximum Gasteiger partial charge on any atom is 0.573 e. The van der Waals surface area contributed by atoms with Crippen LogP contribution in [0.25, 0.3) is 11.1 Å². The molecule has 1 aromatic heterocycles. The average Bonchev–Trinajstić information content (AvgIpc) is 3.12. The predicted octanol–water partition coefficient (Wildman–Crippen LogP) is 4.11. The van der Waals surface area contributed by atoms with E-state index in [4.69, 9.17) is 0 Å². The lowest BCUT2D eigenvalue weighted by Gasteiger charge is -2.22. The number of carbonyl (C=O) groups is 1. The molecule has 1 saturated heterocycles. The van der Waals surface area contributed by atoms with Gasteiger partial charge in [0.2, 0.25) is 0 Å². The molecule has 4 rings (SSSR count). The summed E-state index contributed by atoms with van der Waals surface area (Å²) in [5.41, 5.74) is 2.96. The molecule has 33 heavy (non-hydrogen) atoms. The van der Waals surface area contributed by atoms with Gasteiger partial charge in [-0.1, -0.05) is 6.92 Å². The third-order valence-electron chi connectivity index (χ3n) is 5.39. The van der Waals surface area contributed by atoms with Crippen molar-refractivity contribution in [1.82, 2.24) is 9.97 Å². The van der Waals surface area contributed by atoms with Crippen molar-refractivity contribution in [1.29, 1.82) is 0 Å². The molecule has 0 bridgehead atoms. The Hall–Kier alpha value is -3.66. The van der Waals surface area contributed by atoms with Crippen molar-refractivity contribution in [3.05, 3.63) is 66.7 Å². The van der Waals surface area contributed by atoms with E-state index in [1.165, 1.54) is 18.5 Å². The Balaban J connectivity index is 1.58. The number of hydrogen-bond acceptors (Lipinski definition) is 6. The summed E-state index contributed by atoms with van der Waals surface area (Å²) < 4.78 is 40.8. The van der Waals surface area contributed by atoms with Crippen LogP contribution in [0.5, 0.6) is 5.75 Å². The van der Waals surface area contributed by atoms with Gasteiger partial charge in [0.1, 0.15) is 12.1 Å². The van der Waals surface area contributed by atoms with Gasteiger partial charge in [-0.2, -0.15) is 0 Å². The Kier molecular flexibility index (Phi) is 6.19. The number of aromatic nitrogens is 2. The van der Waals surface area contributed by atoms with Crippen LogP contribution in [-0.4, -0.2) is 46.5 Å². The molecule has 7 nitrogen and oxygen atoms in total. The van der Waals surface area contributed by atoms with Crippen LogP contribution in [0.4, 0.5) is 24.5 Å². The largest absolute Gasteiger partial charge is 0.573 e. The van der Waals surface area contributed by atoms with E-state index in [9.17, 15) is 23.1 Å². The Bertz CT molecular complexity index is 1110. The number of amides is 1. The van der Waals surface area contributed by atoms with Crippen LogP contribution in [0.2, 0.25) is 0 Å². The van der Waals surface area contributed by atoms with Gasteiger partial charge in [-0.15, -0.1) is 13.2 Å². The van der Waals surface area contributed by atoms with Crippen molar-refractivity contribution in [2.24, 2.45) is 5.92 Å². The monoisotopic (exact) mass is 458 g/mol. The number of benzene rings is 2. The molecular formula is C23H21F3N4O3. The lowest BCUT2D eigenvalue weighted by atomic mass is 10.0. The number of carbonyl (C=O) groups excluding carboxylic acids is 1. The fourth-order valence-electron chi connectivity index (χ4n) is 3.71. The zero-order valence-corrected chi connectivity index (χ0v) is 17.6. The van der Waals surface area contributed by atoms with Crippen molar-refractivity contribution >= 4 is 17.3 Å². The summed E-state index contributed by atoms with van der Waals surface area (Å²) in [5, 5.41) is 12.8. The van der Waals surface area contributed by atoms with Crippen molar-refractivity contribution in [3.63, 3.8) is 0 Å². The van der Waals surface area contributed by atoms with E-state index in [0.717, 1.165) is 23.4 Å². The third kappa shape index (κ3) is 5.40. The molecule has 1 fully saturated rings. The lowest BCUT2D eigenvalue weighted by Crippen LogP contribution is -2.22. The average molecular weight is 458 g/mol. The van der Waals surface area contributed by atoms with Crippen LogP contribution < -0.4 is 15.0 Å². The first-order valence-electron chi connectivity index (χ1n) is 10.2. The molecule has 0 saturated carbocycles. The van der Waals surface area contributed by atoms with E-state index in [0.29, 0.717) is 29.9 Å². The number of rotatable bonds is 5. The van der Waals surface area contributed by atoms with E-state index in [2.05, 4.69) is 24.9 Å². The van der Waals surface area contributed by atoms with Gasteiger partial charge >= 0.3 is 6.36 Å². The van der Waals surface area contributed by atoms with Gasteiger partial charge in [0, 0.05) is 59.5 Å². The van der Waals surface area contributed by atoms with Crippen LogP contribution in [0.1, 0.15) is 17.3 Å². The SMILES string of the molecule is C[C@H]1CN(c2ccc(C(=O)Nc3ccc(OC(F)(F)F)cc3)cc2-c2cncnc2)C[C@@H]1O. The highest BCUT2D eigenvalue weighted by Gasteiger charge is 2.31. The number of ether oxygens (including phenoxy) is 1. The smallest absolute Gasteiger partial charge is 0.406 e. The number of alkyl halides is 3. The number of β-amino-alcohol motifs (C(OH)–C–C–N with tert-alkyl or cyclic N) is 1. The second kappa shape index (κ2) is 9.07. The first-order valence-corrected chi connectivity index (χ1v) is 10.2. The lowest BCUT2D eigenvalue weighted by molar-refractivity contribution is -0.274. The van der Waals surface area contributed by atoms with Crippen molar-refractivity contribution in [2.75, 3.05) is 23.3 Å². The normalized spacial score (nSPS) is 18.3. The quantitative estimate of drug-likeness (QED) is 0.598. The Morgan fingerprint density at radius 1 is 1.12 bits per heavy atom. The third-order valence-corrected chi connectivity index (χ3v) is 5.39. The molecule has 0 radical (unpaired) electrons. The molecule has 2 N–H and O–H groups in total. The minimum atomic E-state index is -4.78. The van der Waals surface area contributed by atoms with Crippen LogP contribution in [-0.2, 0) is 0 Å². The number of hydrogen-bond donors (Lipinski definition) is 2. The first kappa shape index (κ1) is 22.5. The van der Waals surface area contributed by atoms with E-state index in [-0.39, 0.29) is 11.7 Å². The van der Waals surface area contributed by atoms with Crippen molar-refractivity contribution in [3.8, 4) is 16.9 Å². The molecule has 1 amide bonds. The van der Waals surface area contributed by atoms with Crippen LogP contribution in [0, 0.1) is 5.92 Å². The van der Waals surface area contributed by atoms with Gasteiger partial charge in [0.15, 0.2) is 0 Å². The van der Waals surface area contributed by atoms with Gasteiger partial charge in [0.25, 0.3) is 5.91 Å². The van der Waals surface area contributed by atoms with Gasteiger partial charge in [-0.05, 0) is 42.5 Å². The number of nitrogens with one attached hydrogen (secondary N) is 1. The maximum absolute atomic E-state index is 12.8. The summed E-state index contributed by atoms with van der Waals surface area (Å²) in [7, 11) is 0. The van der Waals surface area contributed by atoms with Gasteiger partial charge < -0.3 is 20.1 Å². The molecule has 2 heterocycles. The highest BCUT2D eigenvalue weighted by molar-refractivity contribution is 6.05. The highest BCUT2D eigenvalue weighted by Crippen LogP contribution is 2.34. The second-order valence-electron chi connectivity index (χ2n) is 7.84. The number of nitrogens with zero attached hydrogens (tertiary/aromatic N) is 3. The minimum Gasteiger partial charge on any atom is -0.406 e. The summed E-state index contributed by atoms with van der Waals surface area (Å²) in [4.78, 5) is 23.0. The fraction of sp³-hybridized carbons (Fsp3) is 0.261. The minimum absolute atomic E-state index is 0.108. The molecule has 3 aromatic rings. The van der Waals surface area contributed by atoms with E-state index < -0.39 is 18.4 Å². The number of halogens is 3. The summed E-state index contributed by atoms with van der Waals surface area (Å²) in [5.74, 6) is -0.700. The highest BCUT2D eigenvalue weighted by atomic mass is 19.4. The fourth-order valence-corrected chi connectivity index (χ4v) is 3.71. The molecule has 0 spiro atoms. The molecule has 1 aliphatic rings. The van der Waals surface area contributed by atoms with Crippen molar-refractivity contribution in [2.45, 2.75) is 19.4 Å². The standard InChI is InChI=1S/C23H21F3N4O3/c1-14-11-30(12-21(14)31)20-7-2-15(8-19(20)16-9-27-13-28-10-16)22(32)29-17-3-5-18(6-4-17)33-23(24,25)26/h2-10,13-14,21,31H,11-12H2,1H3,(H,29,32)/t14-,21-/m0/s1. The molecular weight excluding hydrogens is 437 g/mol. The van der Waals surface area contributed by atoms with Crippen LogP contribution >= 0.6 is 0 Å². The maximum atomic E-state index is 12.8. The second-order valence-corrected chi connectivity index (χ2v) is 7.84. The zero-order chi connectivity index (χ0) is 23.6. The molecule has 10 heteroatoms. The number of aliphatic hydroxyl groups is 1. The number of anilines is 2. The van der Waals surface area contributed by atoms with Crippen LogP contribution in [0.3, 0.4) is 0 Å². The molecule has 172 valence electrons. The van der Waals surface area contributed by atoms with E-state index in [1.807, 2.05) is 13.0 Å². The molecule has 0 aliphatic carbocycles. The van der Waals surface area contributed by atoms with Gasteiger partial charge in [0.05, 0.1) is 6.10 Å². The van der Waals surface area contributed by atoms with Crippen LogP contribution in [0.15, 0.2) is 61.2 Å². The van der Waals surface area contributed by atoms with E-state index >= 15 is 0 Å². The van der Waals surface area contributed by atoms with Gasteiger partial charge in [-0.3, -0.25) is 4.79 Å². The number of aliphatic hydroxyl groups excluding tert-OH is 1. The summed E-state index contributed by atoms with van der Waals surface area (Å²) >= 11 is 0. The topological polar surface area (TPSA) is 87.6 Å². The summed E-state index contributed by atoms with van der Waals surface area (Å²) in [6.07, 6.45) is -0.538. The Morgan fingerprint density at radius 2 is 1.82 bits per heavy atom. The van der Waals surface area contributed by atoms with Gasteiger partial charge in [-0.25, -0.2) is 9.97 Å². The Morgan fingerprint density at radius 3 is 2.42 bits per heavy atom. The molecule has 2 atom stereocenters. The molecule has 1 aliphatic heterocycles. The molecule has 2 aromatic carbocycles. The van der Waals surface area contributed by atoms with E-state index in [1.54, 1.807) is 24.5 Å². The predicted molar refractivity (Wildman–Crippen MR) is 116 cm³/mol. The Labute approximate surface area is 187 Å². The van der Waals surface area contributed by atoms with Crippen molar-refractivity contribution < 1.29 is 27.8 Å². The molecule has 0 unspecified atom stereocenters. The zero-order valence-electron chi connectivity index (χ0n) is 17.6.